The van der Waals surface area contributed by atoms with E-state index in [0.29, 0.717) is 35.8 Å². The van der Waals surface area contributed by atoms with Gasteiger partial charge < -0.3 is 14.5 Å². The van der Waals surface area contributed by atoms with E-state index < -0.39 is 0 Å². The number of benzene rings is 2. The van der Waals surface area contributed by atoms with Gasteiger partial charge in [-0.3, -0.25) is 4.79 Å². The zero-order valence-corrected chi connectivity index (χ0v) is 15.4. The van der Waals surface area contributed by atoms with Gasteiger partial charge in [-0.15, -0.1) is 0 Å². The summed E-state index contributed by atoms with van der Waals surface area (Å²) in [6, 6.07) is 14.5. The first kappa shape index (κ1) is 18.3. The summed E-state index contributed by atoms with van der Waals surface area (Å²) in [4.78, 5) is 28.4. The number of anilines is 1. The Morgan fingerprint density at radius 2 is 1.65 bits per heavy atom. The highest BCUT2D eigenvalue weighted by Crippen LogP contribution is 2.21. The Labute approximate surface area is 158 Å². The molecular weight excluding hydrogens is 352 g/mol. The SMILES string of the molecule is CCOC(=O)c1ccc(N2CCN(C(=O)c3ccccc3Cl)CC2)cc1. The van der Waals surface area contributed by atoms with Crippen molar-refractivity contribution in [2.75, 3.05) is 37.7 Å². The molecule has 0 radical (unpaired) electrons. The number of ether oxygens (including phenoxy) is 1. The maximum Gasteiger partial charge on any atom is 0.338 e. The van der Waals surface area contributed by atoms with Crippen LogP contribution in [0.3, 0.4) is 0 Å². The molecule has 0 bridgehead atoms. The van der Waals surface area contributed by atoms with Gasteiger partial charge in [-0.25, -0.2) is 4.79 Å². The molecule has 2 aromatic rings. The van der Waals surface area contributed by atoms with Gasteiger partial charge in [0, 0.05) is 31.9 Å². The average molecular weight is 373 g/mol. The third-order valence-electron chi connectivity index (χ3n) is 4.41. The van der Waals surface area contributed by atoms with E-state index in [1.165, 1.54) is 0 Å². The van der Waals surface area contributed by atoms with Crippen LogP contribution in [0.4, 0.5) is 5.69 Å². The minimum Gasteiger partial charge on any atom is -0.462 e. The molecule has 3 rings (SSSR count). The fourth-order valence-corrected chi connectivity index (χ4v) is 3.21. The number of rotatable bonds is 4. The minimum atomic E-state index is -0.311. The van der Waals surface area contributed by atoms with Gasteiger partial charge >= 0.3 is 5.97 Å². The lowest BCUT2D eigenvalue weighted by Gasteiger charge is -2.36. The summed E-state index contributed by atoms with van der Waals surface area (Å²) in [7, 11) is 0. The Morgan fingerprint density at radius 3 is 2.27 bits per heavy atom. The Hall–Kier alpha value is -2.53. The van der Waals surface area contributed by atoms with E-state index in [0.717, 1.165) is 18.8 Å². The Balaban J connectivity index is 1.61. The van der Waals surface area contributed by atoms with Crippen molar-refractivity contribution in [1.82, 2.24) is 4.90 Å². The van der Waals surface area contributed by atoms with Gasteiger partial charge in [0.05, 0.1) is 22.8 Å². The molecule has 0 aliphatic carbocycles. The Kier molecular flexibility index (Phi) is 5.78. The van der Waals surface area contributed by atoms with Crippen LogP contribution in [0.25, 0.3) is 0 Å². The highest BCUT2D eigenvalue weighted by atomic mass is 35.5. The minimum absolute atomic E-state index is 0.0343. The molecule has 1 saturated heterocycles. The molecule has 136 valence electrons. The molecule has 6 heteroatoms. The fraction of sp³-hybridized carbons (Fsp3) is 0.300. The maximum atomic E-state index is 12.6. The van der Waals surface area contributed by atoms with E-state index in [1.807, 2.05) is 29.2 Å². The average Bonchev–Trinajstić information content (AvgIpc) is 2.68. The first-order chi connectivity index (χ1) is 12.6. The van der Waals surface area contributed by atoms with E-state index in [-0.39, 0.29) is 11.9 Å². The molecule has 2 aromatic carbocycles. The van der Waals surface area contributed by atoms with Crippen molar-refractivity contribution in [1.29, 1.82) is 0 Å². The van der Waals surface area contributed by atoms with Crippen LogP contribution in [0.2, 0.25) is 5.02 Å². The third kappa shape index (κ3) is 3.99. The molecule has 1 fully saturated rings. The lowest BCUT2D eigenvalue weighted by atomic mass is 10.1. The van der Waals surface area contributed by atoms with Crippen molar-refractivity contribution in [2.45, 2.75) is 6.92 Å². The normalized spacial score (nSPS) is 14.2. The fourth-order valence-electron chi connectivity index (χ4n) is 3.00. The molecule has 1 heterocycles. The summed E-state index contributed by atoms with van der Waals surface area (Å²) >= 11 is 6.13. The third-order valence-corrected chi connectivity index (χ3v) is 4.74. The second kappa shape index (κ2) is 8.23. The maximum absolute atomic E-state index is 12.6. The predicted molar refractivity (Wildman–Crippen MR) is 102 cm³/mol. The van der Waals surface area contributed by atoms with Crippen LogP contribution in [0.5, 0.6) is 0 Å². The van der Waals surface area contributed by atoms with E-state index in [4.69, 9.17) is 16.3 Å². The lowest BCUT2D eigenvalue weighted by molar-refractivity contribution is 0.0526. The number of halogens is 1. The lowest BCUT2D eigenvalue weighted by Crippen LogP contribution is -2.48. The molecule has 0 saturated carbocycles. The van der Waals surface area contributed by atoms with Crippen molar-refractivity contribution >= 4 is 29.2 Å². The van der Waals surface area contributed by atoms with Gasteiger partial charge in [-0.1, -0.05) is 23.7 Å². The quantitative estimate of drug-likeness (QED) is 0.771. The summed E-state index contributed by atoms with van der Waals surface area (Å²) in [6.45, 7) is 4.87. The summed E-state index contributed by atoms with van der Waals surface area (Å²) in [5.41, 5.74) is 2.12. The van der Waals surface area contributed by atoms with Crippen molar-refractivity contribution < 1.29 is 14.3 Å². The molecule has 0 aromatic heterocycles. The highest BCUT2D eigenvalue weighted by molar-refractivity contribution is 6.33. The van der Waals surface area contributed by atoms with Crippen molar-refractivity contribution in [3.63, 3.8) is 0 Å². The largest absolute Gasteiger partial charge is 0.462 e. The van der Waals surface area contributed by atoms with Crippen LogP contribution < -0.4 is 4.90 Å². The van der Waals surface area contributed by atoms with Crippen LogP contribution in [0.15, 0.2) is 48.5 Å². The second-order valence-corrected chi connectivity index (χ2v) is 6.43. The standard InChI is InChI=1S/C20H21ClN2O3/c1-2-26-20(25)15-7-9-16(10-8-15)22-11-13-23(14-12-22)19(24)17-5-3-4-6-18(17)21/h3-10H,2,11-14H2,1H3. The Bertz CT molecular complexity index is 784. The highest BCUT2D eigenvalue weighted by Gasteiger charge is 2.23. The molecule has 0 N–H and O–H groups in total. The molecule has 0 atom stereocenters. The van der Waals surface area contributed by atoms with Crippen LogP contribution in [-0.2, 0) is 4.74 Å². The monoisotopic (exact) mass is 372 g/mol. The van der Waals surface area contributed by atoms with Gasteiger partial charge in [0.25, 0.3) is 5.91 Å². The number of piperazine rings is 1. The molecule has 26 heavy (non-hydrogen) atoms. The van der Waals surface area contributed by atoms with Crippen molar-refractivity contribution in [3.8, 4) is 0 Å². The zero-order chi connectivity index (χ0) is 18.5. The number of hydrogen-bond acceptors (Lipinski definition) is 4. The summed E-state index contributed by atoms with van der Waals surface area (Å²) in [5, 5.41) is 0.481. The van der Waals surface area contributed by atoms with E-state index in [2.05, 4.69) is 4.90 Å². The summed E-state index contributed by atoms with van der Waals surface area (Å²) in [6.07, 6.45) is 0. The topological polar surface area (TPSA) is 49.9 Å². The van der Waals surface area contributed by atoms with Gasteiger partial charge in [0.15, 0.2) is 0 Å². The van der Waals surface area contributed by atoms with Gasteiger partial charge in [-0.05, 0) is 43.3 Å². The predicted octanol–water partition coefficient (Wildman–Crippen LogP) is 3.48. The first-order valence-electron chi connectivity index (χ1n) is 8.66. The molecule has 0 spiro atoms. The van der Waals surface area contributed by atoms with E-state index in [9.17, 15) is 9.59 Å². The zero-order valence-electron chi connectivity index (χ0n) is 14.7. The number of amides is 1. The van der Waals surface area contributed by atoms with E-state index >= 15 is 0 Å². The van der Waals surface area contributed by atoms with E-state index in [1.54, 1.807) is 31.2 Å². The number of carbonyl (C=O) groups is 2. The van der Waals surface area contributed by atoms with Crippen molar-refractivity contribution in [3.05, 3.63) is 64.7 Å². The van der Waals surface area contributed by atoms with Crippen LogP contribution in [0, 0.1) is 0 Å². The number of nitrogens with zero attached hydrogens (tertiary/aromatic N) is 2. The Morgan fingerprint density at radius 1 is 1.00 bits per heavy atom. The van der Waals surface area contributed by atoms with Gasteiger partial charge in [-0.2, -0.15) is 0 Å². The number of carbonyl (C=O) groups excluding carboxylic acids is 2. The molecule has 1 aliphatic rings. The van der Waals surface area contributed by atoms with Gasteiger partial charge in [0.2, 0.25) is 0 Å². The van der Waals surface area contributed by atoms with Crippen LogP contribution >= 0.6 is 11.6 Å². The summed E-state index contributed by atoms with van der Waals surface area (Å²) in [5.74, 6) is -0.345. The molecule has 0 unspecified atom stereocenters. The summed E-state index contributed by atoms with van der Waals surface area (Å²) < 4.78 is 5.00. The second-order valence-electron chi connectivity index (χ2n) is 6.03. The van der Waals surface area contributed by atoms with Crippen LogP contribution in [0.1, 0.15) is 27.6 Å². The molecule has 1 aliphatic heterocycles. The first-order valence-corrected chi connectivity index (χ1v) is 9.04. The van der Waals surface area contributed by atoms with Gasteiger partial charge in [0.1, 0.15) is 0 Å². The smallest absolute Gasteiger partial charge is 0.338 e. The molecule has 1 amide bonds. The van der Waals surface area contributed by atoms with Crippen LogP contribution in [-0.4, -0.2) is 49.6 Å². The number of hydrogen-bond donors (Lipinski definition) is 0. The van der Waals surface area contributed by atoms with Crippen molar-refractivity contribution in [2.24, 2.45) is 0 Å². The molecule has 5 nitrogen and oxygen atoms in total. The number of esters is 1. The molecular formula is C20H21ClN2O3.